The van der Waals surface area contributed by atoms with Gasteiger partial charge >= 0.3 is 12.1 Å². The Morgan fingerprint density at radius 1 is 1.05 bits per heavy atom. The second-order valence-electron chi connectivity index (χ2n) is 9.08. The van der Waals surface area contributed by atoms with E-state index < -0.39 is 17.7 Å². The molecule has 1 aromatic carbocycles. The first-order valence-corrected chi connectivity index (χ1v) is 12.2. The van der Waals surface area contributed by atoms with Gasteiger partial charge in [-0.3, -0.25) is 19.6 Å². The van der Waals surface area contributed by atoms with Crippen molar-refractivity contribution < 1.29 is 27.5 Å². The largest absolute Gasteiger partial charge is 0.466 e. The van der Waals surface area contributed by atoms with Crippen LogP contribution in [0.3, 0.4) is 0 Å². The molecular weight excluding hydrogens is 483 g/mol. The number of aromatic nitrogens is 2. The van der Waals surface area contributed by atoms with E-state index in [1.54, 1.807) is 36.5 Å². The maximum atomic E-state index is 13.6. The van der Waals surface area contributed by atoms with Crippen LogP contribution in [-0.4, -0.2) is 39.9 Å². The number of pyridine rings is 2. The Balaban J connectivity index is 1.67. The van der Waals surface area contributed by atoms with Crippen molar-refractivity contribution in [2.24, 2.45) is 5.92 Å². The average Bonchev–Trinajstić information content (AvgIpc) is 3.72. The van der Waals surface area contributed by atoms with Crippen LogP contribution in [0.5, 0.6) is 0 Å². The summed E-state index contributed by atoms with van der Waals surface area (Å²) in [7, 11) is 0. The average molecular weight is 512 g/mol. The standard InChI is InChI=1S/C28H28F3N3O3/c1-2-37-26(35)13-20-12-22(17-33-16-20)25-8-7-24(28(29,30)31)14-23(25)18-34(27(36)21-5-6-21)11-9-19-4-3-10-32-15-19/h3-4,7-8,10,12,14-17,21H,2,5-6,9,11,13,18H2,1H3. The number of hydrogen-bond donors (Lipinski definition) is 0. The maximum Gasteiger partial charge on any atom is 0.416 e. The van der Waals surface area contributed by atoms with Crippen molar-refractivity contribution in [1.29, 1.82) is 0 Å². The number of hydrogen-bond acceptors (Lipinski definition) is 5. The van der Waals surface area contributed by atoms with Crippen LogP contribution in [-0.2, 0) is 39.9 Å². The second-order valence-corrected chi connectivity index (χ2v) is 9.08. The van der Waals surface area contributed by atoms with Gasteiger partial charge in [-0.1, -0.05) is 12.1 Å². The molecule has 1 saturated carbocycles. The van der Waals surface area contributed by atoms with E-state index in [0.29, 0.717) is 35.2 Å². The van der Waals surface area contributed by atoms with Gasteiger partial charge in [0, 0.05) is 49.4 Å². The lowest BCUT2D eigenvalue weighted by molar-refractivity contribution is -0.142. The molecule has 0 saturated heterocycles. The van der Waals surface area contributed by atoms with Crippen molar-refractivity contribution in [3.05, 3.63) is 83.4 Å². The summed E-state index contributed by atoms with van der Waals surface area (Å²) < 4.78 is 45.9. The van der Waals surface area contributed by atoms with Crippen LogP contribution in [0.15, 0.2) is 61.2 Å². The maximum absolute atomic E-state index is 13.6. The molecule has 0 aliphatic heterocycles. The Kier molecular flexibility index (Phi) is 8.21. The van der Waals surface area contributed by atoms with Gasteiger partial charge < -0.3 is 9.64 Å². The SMILES string of the molecule is CCOC(=O)Cc1cncc(-c2ccc(C(F)(F)F)cc2CN(CCc2cccnc2)C(=O)C2CC2)c1. The minimum absolute atomic E-state index is 0.00203. The predicted molar refractivity (Wildman–Crippen MR) is 131 cm³/mol. The number of carbonyl (C=O) groups is 2. The summed E-state index contributed by atoms with van der Waals surface area (Å²) in [5, 5.41) is 0. The summed E-state index contributed by atoms with van der Waals surface area (Å²) >= 11 is 0. The number of esters is 1. The lowest BCUT2D eigenvalue weighted by Gasteiger charge is -2.25. The van der Waals surface area contributed by atoms with E-state index in [-0.39, 0.29) is 31.4 Å². The molecule has 6 nitrogen and oxygen atoms in total. The number of rotatable bonds is 10. The van der Waals surface area contributed by atoms with Crippen LogP contribution in [0.2, 0.25) is 0 Å². The molecule has 9 heteroatoms. The molecule has 0 atom stereocenters. The molecule has 1 aliphatic rings. The summed E-state index contributed by atoms with van der Waals surface area (Å²) in [5.74, 6) is -0.551. The molecule has 1 amide bonds. The van der Waals surface area contributed by atoms with Crippen LogP contribution in [0.1, 0.15) is 42.0 Å². The third kappa shape index (κ3) is 7.15. The summed E-state index contributed by atoms with van der Waals surface area (Å²) in [6.45, 7) is 2.35. The number of ether oxygens (including phenoxy) is 1. The number of alkyl halides is 3. The monoisotopic (exact) mass is 511 g/mol. The van der Waals surface area contributed by atoms with E-state index in [1.807, 2.05) is 12.1 Å². The summed E-state index contributed by atoms with van der Waals surface area (Å²) in [4.78, 5) is 35.0. The number of carbonyl (C=O) groups excluding carboxylic acids is 2. The minimum atomic E-state index is -4.53. The topological polar surface area (TPSA) is 72.4 Å². The first-order valence-electron chi connectivity index (χ1n) is 12.2. The molecule has 1 fully saturated rings. The van der Waals surface area contributed by atoms with Crippen molar-refractivity contribution in [3.8, 4) is 11.1 Å². The lowest BCUT2D eigenvalue weighted by Crippen LogP contribution is -2.34. The summed E-state index contributed by atoms with van der Waals surface area (Å²) in [5.41, 5.74) is 2.20. The van der Waals surface area contributed by atoms with Crippen LogP contribution in [0, 0.1) is 5.92 Å². The molecule has 194 valence electrons. The van der Waals surface area contributed by atoms with Gasteiger partial charge in [-0.05, 0) is 72.7 Å². The fraction of sp³-hybridized carbons (Fsp3) is 0.357. The van der Waals surface area contributed by atoms with Crippen LogP contribution in [0.25, 0.3) is 11.1 Å². The Bertz CT molecular complexity index is 1240. The van der Waals surface area contributed by atoms with Crippen molar-refractivity contribution in [2.45, 2.75) is 45.3 Å². The molecule has 0 N–H and O–H groups in total. The van der Waals surface area contributed by atoms with E-state index in [1.165, 1.54) is 12.3 Å². The van der Waals surface area contributed by atoms with Crippen molar-refractivity contribution in [3.63, 3.8) is 0 Å². The molecule has 2 aromatic heterocycles. The van der Waals surface area contributed by atoms with Gasteiger partial charge in [0.15, 0.2) is 0 Å². The Labute approximate surface area is 213 Å². The van der Waals surface area contributed by atoms with Crippen LogP contribution in [0.4, 0.5) is 13.2 Å². The minimum Gasteiger partial charge on any atom is -0.466 e. The van der Waals surface area contributed by atoms with Crippen molar-refractivity contribution >= 4 is 11.9 Å². The molecule has 1 aliphatic carbocycles. The number of nitrogens with zero attached hydrogens (tertiary/aromatic N) is 3. The molecule has 0 unspecified atom stereocenters. The van der Waals surface area contributed by atoms with E-state index in [2.05, 4.69) is 9.97 Å². The highest BCUT2D eigenvalue weighted by Crippen LogP contribution is 2.36. The van der Waals surface area contributed by atoms with Gasteiger partial charge in [-0.15, -0.1) is 0 Å². The highest BCUT2D eigenvalue weighted by atomic mass is 19.4. The normalized spacial score (nSPS) is 13.3. The molecule has 2 heterocycles. The van der Waals surface area contributed by atoms with E-state index in [9.17, 15) is 22.8 Å². The highest BCUT2D eigenvalue weighted by Gasteiger charge is 2.35. The number of amides is 1. The zero-order valence-electron chi connectivity index (χ0n) is 20.5. The Hall–Kier alpha value is -3.75. The van der Waals surface area contributed by atoms with Crippen LogP contribution < -0.4 is 0 Å². The molecular formula is C28H28F3N3O3. The van der Waals surface area contributed by atoms with Gasteiger partial charge in [0.1, 0.15) is 0 Å². The zero-order chi connectivity index (χ0) is 26.4. The van der Waals surface area contributed by atoms with Gasteiger partial charge in [0.05, 0.1) is 18.6 Å². The van der Waals surface area contributed by atoms with E-state index in [4.69, 9.17) is 4.74 Å². The zero-order valence-corrected chi connectivity index (χ0v) is 20.5. The summed E-state index contributed by atoms with van der Waals surface area (Å²) in [6.07, 6.45) is 4.04. The third-order valence-electron chi connectivity index (χ3n) is 6.18. The second kappa shape index (κ2) is 11.5. The molecule has 3 aromatic rings. The first kappa shape index (κ1) is 26.3. The van der Waals surface area contributed by atoms with Crippen LogP contribution >= 0.6 is 0 Å². The molecule has 0 radical (unpaired) electrons. The van der Waals surface area contributed by atoms with Gasteiger partial charge in [0.25, 0.3) is 0 Å². The summed E-state index contributed by atoms with van der Waals surface area (Å²) in [6, 6.07) is 8.97. The quantitative estimate of drug-likeness (QED) is 0.348. The van der Waals surface area contributed by atoms with Gasteiger partial charge in [-0.25, -0.2) is 0 Å². The highest BCUT2D eigenvalue weighted by molar-refractivity contribution is 5.81. The molecule has 0 spiro atoms. The Morgan fingerprint density at radius 3 is 2.51 bits per heavy atom. The van der Waals surface area contributed by atoms with Crippen molar-refractivity contribution in [2.75, 3.05) is 13.2 Å². The predicted octanol–water partition coefficient (Wildman–Crippen LogP) is 5.25. The number of benzene rings is 1. The van der Waals surface area contributed by atoms with E-state index in [0.717, 1.165) is 30.5 Å². The Morgan fingerprint density at radius 2 is 1.84 bits per heavy atom. The smallest absolute Gasteiger partial charge is 0.416 e. The molecule has 4 rings (SSSR count). The number of halogens is 3. The van der Waals surface area contributed by atoms with Crippen molar-refractivity contribution in [1.82, 2.24) is 14.9 Å². The first-order chi connectivity index (χ1) is 17.7. The molecule has 37 heavy (non-hydrogen) atoms. The van der Waals surface area contributed by atoms with E-state index >= 15 is 0 Å². The lowest BCUT2D eigenvalue weighted by atomic mass is 9.96. The van der Waals surface area contributed by atoms with Gasteiger partial charge in [-0.2, -0.15) is 13.2 Å². The fourth-order valence-corrected chi connectivity index (χ4v) is 4.16. The fourth-order valence-electron chi connectivity index (χ4n) is 4.16. The van der Waals surface area contributed by atoms with Gasteiger partial charge in [0.2, 0.25) is 5.91 Å². The third-order valence-corrected chi connectivity index (χ3v) is 6.18. The molecule has 0 bridgehead atoms.